The van der Waals surface area contributed by atoms with Crippen molar-refractivity contribution in [1.82, 2.24) is 14.7 Å². The first-order chi connectivity index (χ1) is 16.8. The zero-order valence-corrected chi connectivity index (χ0v) is 20.9. The van der Waals surface area contributed by atoms with Crippen LogP contribution < -0.4 is 19.1 Å². The molecule has 0 amide bonds. The quantitative estimate of drug-likeness (QED) is 0.412. The van der Waals surface area contributed by atoms with Crippen LogP contribution in [0.4, 0.5) is 5.95 Å². The molecule has 3 aromatic rings. The van der Waals surface area contributed by atoms with Gasteiger partial charge in [0, 0.05) is 43.2 Å². The standard InChI is InChI=1S/C23H21Cl2N5O4S/c1-35(31,32)29-18-13-30(14-18)23-27-11-17(12-28-23)15-2-4-19(5-3-15)34-20-8-16(10-26)22(21(25)9-20)33-7-6-24/h2-5,8-9,11-12,18,29H,6-7,13-14H2,1H3. The summed E-state index contributed by atoms with van der Waals surface area (Å²) in [4.78, 5) is 10.7. The van der Waals surface area contributed by atoms with Gasteiger partial charge in [-0.25, -0.2) is 23.1 Å². The number of ether oxygens (including phenoxy) is 2. The molecule has 0 bridgehead atoms. The molecule has 0 aliphatic carbocycles. The van der Waals surface area contributed by atoms with E-state index in [1.54, 1.807) is 36.7 Å². The molecule has 0 saturated carbocycles. The smallest absolute Gasteiger partial charge is 0.225 e. The molecule has 1 fully saturated rings. The Morgan fingerprint density at radius 2 is 1.83 bits per heavy atom. The zero-order chi connectivity index (χ0) is 25.0. The average Bonchev–Trinajstić information content (AvgIpc) is 2.80. The highest BCUT2D eigenvalue weighted by Gasteiger charge is 2.30. The lowest BCUT2D eigenvalue weighted by Gasteiger charge is -2.38. The van der Waals surface area contributed by atoms with Crippen molar-refractivity contribution in [3.8, 4) is 34.4 Å². The molecular weight excluding hydrogens is 513 g/mol. The molecule has 0 unspecified atom stereocenters. The molecule has 1 aliphatic heterocycles. The number of sulfonamides is 1. The summed E-state index contributed by atoms with van der Waals surface area (Å²) in [6, 6.07) is 12.4. The number of nitriles is 1. The van der Waals surface area contributed by atoms with Crippen LogP contribution in [0.25, 0.3) is 11.1 Å². The van der Waals surface area contributed by atoms with E-state index in [0.29, 0.717) is 30.5 Å². The highest BCUT2D eigenvalue weighted by Crippen LogP contribution is 2.35. The summed E-state index contributed by atoms with van der Waals surface area (Å²) in [6.45, 7) is 1.28. The van der Waals surface area contributed by atoms with Crippen molar-refractivity contribution in [2.75, 3.05) is 36.7 Å². The van der Waals surface area contributed by atoms with Gasteiger partial charge in [-0.1, -0.05) is 23.7 Å². The van der Waals surface area contributed by atoms with E-state index >= 15 is 0 Å². The Morgan fingerprint density at radius 3 is 2.43 bits per heavy atom. The van der Waals surface area contributed by atoms with Crippen LogP contribution in [0.15, 0.2) is 48.8 Å². The van der Waals surface area contributed by atoms with Gasteiger partial charge in [-0.05, 0) is 17.7 Å². The normalized spacial score (nSPS) is 13.7. The van der Waals surface area contributed by atoms with Gasteiger partial charge < -0.3 is 14.4 Å². The zero-order valence-electron chi connectivity index (χ0n) is 18.6. The van der Waals surface area contributed by atoms with Gasteiger partial charge in [0.2, 0.25) is 16.0 Å². The van der Waals surface area contributed by atoms with Gasteiger partial charge in [0.15, 0.2) is 5.75 Å². The van der Waals surface area contributed by atoms with Crippen LogP contribution in [-0.4, -0.2) is 56.3 Å². The van der Waals surface area contributed by atoms with Crippen LogP contribution in [-0.2, 0) is 10.0 Å². The summed E-state index contributed by atoms with van der Waals surface area (Å²) in [6.07, 6.45) is 4.58. The van der Waals surface area contributed by atoms with Crippen LogP contribution in [0.3, 0.4) is 0 Å². The molecule has 0 radical (unpaired) electrons. The van der Waals surface area contributed by atoms with Gasteiger partial charge in [-0.15, -0.1) is 11.6 Å². The second-order valence-electron chi connectivity index (χ2n) is 7.82. The number of hydrogen-bond donors (Lipinski definition) is 1. The highest BCUT2D eigenvalue weighted by molar-refractivity contribution is 7.88. The van der Waals surface area contributed by atoms with E-state index in [4.69, 9.17) is 32.7 Å². The van der Waals surface area contributed by atoms with E-state index in [2.05, 4.69) is 20.8 Å². The van der Waals surface area contributed by atoms with E-state index in [-0.39, 0.29) is 34.9 Å². The Morgan fingerprint density at radius 1 is 1.14 bits per heavy atom. The molecule has 35 heavy (non-hydrogen) atoms. The van der Waals surface area contributed by atoms with Gasteiger partial charge >= 0.3 is 0 Å². The first-order valence-corrected chi connectivity index (χ1v) is 13.3. The fourth-order valence-corrected chi connectivity index (χ4v) is 4.60. The number of alkyl halides is 1. The predicted octanol–water partition coefficient (Wildman–Crippen LogP) is 3.82. The van der Waals surface area contributed by atoms with Gasteiger partial charge in [0.05, 0.1) is 28.8 Å². The third-order valence-electron chi connectivity index (χ3n) is 5.07. The molecule has 2 aromatic carbocycles. The van der Waals surface area contributed by atoms with Crippen molar-refractivity contribution in [1.29, 1.82) is 5.26 Å². The molecule has 1 saturated heterocycles. The number of rotatable bonds is 9. The number of halogens is 2. The van der Waals surface area contributed by atoms with Crippen molar-refractivity contribution in [2.24, 2.45) is 0 Å². The maximum Gasteiger partial charge on any atom is 0.225 e. The van der Waals surface area contributed by atoms with Crippen LogP contribution in [0.1, 0.15) is 5.56 Å². The molecular formula is C23H21Cl2N5O4S. The Kier molecular flexibility index (Phi) is 7.62. The lowest BCUT2D eigenvalue weighted by molar-refractivity contribution is 0.341. The van der Waals surface area contributed by atoms with Crippen molar-refractivity contribution >= 4 is 39.2 Å². The first kappa shape index (κ1) is 25.0. The number of nitrogens with zero attached hydrogens (tertiary/aromatic N) is 4. The molecule has 0 spiro atoms. The lowest BCUT2D eigenvalue weighted by Crippen LogP contribution is -2.59. The van der Waals surface area contributed by atoms with Crippen LogP contribution in [0.5, 0.6) is 17.2 Å². The van der Waals surface area contributed by atoms with Gasteiger partial charge in [-0.2, -0.15) is 5.26 Å². The van der Waals surface area contributed by atoms with E-state index in [0.717, 1.165) is 17.4 Å². The summed E-state index contributed by atoms with van der Waals surface area (Å²) in [5.74, 6) is 2.07. The maximum absolute atomic E-state index is 11.3. The topological polar surface area (TPSA) is 117 Å². The molecule has 4 rings (SSSR count). The maximum atomic E-state index is 11.3. The summed E-state index contributed by atoms with van der Waals surface area (Å²) < 4.78 is 36.5. The third-order valence-corrected chi connectivity index (χ3v) is 6.26. The first-order valence-electron chi connectivity index (χ1n) is 10.5. The van der Waals surface area contributed by atoms with E-state index in [1.807, 2.05) is 17.0 Å². The number of anilines is 1. The van der Waals surface area contributed by atoms with Crippen LogP contribution in [0.2, 0.25) is 5.02 Å². The molecule has 12 heteroatoms. The average molecular weight is 534 g/mol. The highest BCUT2D eigenvalue weighted by atomic mass is 35.5. The fraction of sp³-hybridized carbons (Fsp3) is 0.261. The van der Waals surface area contributed by atoms with E-state index in [9.17, 15) is 13.7 Å². The van der Waals surface area contributed by atoms with Gasteiger partial charge in [0.1, 0.15) is 24.2 Å². The number of hydrogen-bond acceptors (Lipinski definition) is 8. The Hall–Kier alpha value is -3.10. The molecule has 9 nitrogen and oxygen atoms in total. The summed E-state index contributed by atoms with van der Waals surface area (Å²) in [5.41, 5.74) is 1.97. The number of nitrogens with one attached hydrogen (secondary N) is 1. The van der Waals surface area contributed by atoms with E-state index < -0.39 is 10.0 Å². The summed E-state index contributed by atoms with van der Waals surface area (Å²) in [7, 11) is -3.23. The largest absolute Gasteiger partial charge is 0.489 e. The lowest BCUT2D eigenvalue weighted by atomic mass is 10.1. The summed E-state index contributed by atoms with van der Waals surface area (Å²) in [5, 5.41) is 9.67. The number of benzene rings is 2. The van der Waals surface area contributed by atoms with Crippen molar-refractivity contribution < 1.29 is 17.9 Å². The summed E-state index contributed by atoms with van der Waals surface area (Å²) >= 11 is 11.9. The molecule has 1 N–H and O–H groups in total. The minimum absolute atomic E-state index is 0.130. The second-order valence-corrected chi connectivity index (χ2v) is 10.4. The van der Waals surface area contributed by atoms with Crippen LogP contribution in [0, 0.1) is 11.3 Å². The fourth-order valence-electron chi connectivity index (χ4n) is 3.50. The van der Waals surface area contributed by atoms with E-state index in [1.165, 1.54) is 0 Å². The van der Waals surface area contributed by atoms with Crippen molar-refractivity contribution in [3.05, 3.63) is 59.4 Å². The Balaban J connectivity index is 1.40. The molecule has 1 aromatic heterocycles. The van der Waals surface area contributed by atoms with Crippen LogP contribution >= 0.6 is 23.2 Å². The molecule has 2 heterocycles. The second kappa shape index (κ2) is 10.7. The molecule has 182 valence electrons. The van der Waals surface area contributed by atoms with Crippen molar-refractivity contribution in [2.45, 2.75) is 6.04 Å². The van der Waals surface area contributed by atoms with Gasteiger partial charge in [0.25, 0.3) is 0 Å². The minimum atomic E-state index is -3.23. The van der Waals surface area contributed by atoms with Gasteiger partial charge in [-0.3, -0.25) is 0 Å². The third kappa shape index (κ3) is 6.32. The van der Waals surface area contributed by atoms with Crippen molar-refractivity contribution in [3.63, 3.8) is 0 Å². The molecule has 1 aliphatic rings. The SMILES string of the molecule is CS(=O)(=O)NC1CN(c2ncc(-c3ccc(Oc4cc(Cl)c(OCCCl)c(C#N)c4)cc3)cn2)C1. The number of aromatic nitrogens is 2. The Bertz CT molecular complexity index is 1340. The Labute approximate surface area is 213 Å². The minimum Gasteiger partial charge on any atom is -0.489 e. The monoisotopic (exact) mass is 533 g/mol. The predicted molar refractivity (Wildman–Crippen MR) is 134 cm³/mol. The molecule has 0 atom stereocenters.